The summed E-state index contributed by atoms with van der Waals surface area (Å²) in [5.41, 5.74) is 2.91. The molecule has 28 heavy (non-hydrogen) atoms. The molecule has 2 N–H and O–H groups in total. The van der Waals surface area contributed by atoms with Gasteiger partial charge in [0.15, 0.2) is 0 Å². The lowest BCUT2D eigenvalue weighted by atomic mass is 10.0. The first-order valence-electron chi connectivity index (χ1n) is 9.83. The Morgan fingerprint density at radius 3 is 2.82 bits per heavy atom. The standard InChI is InChI=1S/C21H22ClN5O/c22-18-10-14(17-12-24-20-16(17)2-1-7-23-20)11-19(26-18)25-15-5-8-27(9-6-15)21(28)13-3-4-13/h1-2,7,10-13,15H,3-6,8-9H2,(H,23,24)(H,25,26). The molecule has 3 aromatic rings. The third-order valence-corrected chi connectivity index (χ3v) is 5.84. The smallest absolute Gasteiger partial charge is 0.225 e. The van der Waals surface area contributed by atoms with Crippen molar-refractivity contribution in [2.75, 3.05) is 18.4 Å². The summed E-state index contributed by atoms with van der Waals surface area (Å²) < 4.78 is 0. The first kappa shape index (κ1) is 17.5. The van der Waals surface area contributed by atoms with E-state index in [0.29, 0.717) is 23.0 Å². The maximum atomic E-state index is 12.2. The van der Waals surface area contributed by atoms with Crippen molar-refractivity contribution >= 4 is 34.4 Å². The maximum absolute atomic E-state index is 12.2. The van der Waals surface area contributed by atoms with Crippen molar-refractivity contribution in [3.63, 3.8) is 0 Å². The average molecular weight is 396 g/mol. The summed E-state index contributed by atoms with van der Waals surface area (Å²) in [7, 11) is 0. The molecule has 4 heterocycles. The number of H-pyrrole nitrogens is 1. The van der Waals surface area contributed by atoms with Crippen LogP contribution in [0.1, 0.15) is 25.7 Å². The summed E-state index contributed by atoms with van der Waals surface area (Å²) in [5, 5.41) is 5.03. The normalized spacial score (nSPS) is 17.8. The molecule has 1 saturated heterocycles. The second kappa shape index (κ2) is 7.09. The fourth-order valence-electron chi connectivity index (χ4n) is 3.96. The van der Waals surface area contributed by atoms with Gasteiger partial charge in [0.2, 0.25) is 5.91 Å². The minimum absolute atomic E-state index is 0.298. The zero-order valence-corrected chi connectivity index (χ0v) is 16.2. The monoisotopic (exact) mass is 395 g/mol. The van der Waals surface area contributed by atoms with Crippen LogP contribution in [0.4, 0.5) is 5.82 Å². The fraction of sp³-hybridized carbons (Fsp3) is 0.381. The number of pyridine rings is 2. The van der Waals surface area contributed by atoms with Crippen molar-refractivity contribution in [3.05, 3.63) is 41.8 Å². The molecule has 1 aliphatic heterocycles. The van der Waals surface area contributed by atoms with Gasteiger partial charge in [0, 0.05) is 48.4 Å². The van der Waals surface area contributed by atoms with Gasteiger partial charge in [0.1, 0.15) is 16.6 Å². The third-order valence-electron chi connectivity index (χ3n) is 5.64. The molecule has 0 radical (unpaired) electrons. The lowest BCUT2D eigenvalue weighted by molar-refractivity contribution is -0.133. The van der Waals surface area contributed by atoms with Crippen LogP contribution < -0.4 is 5.32 Å². The Kier molecular flexibility index (Phi) is 4.43. The molecule has 5 rings (SSSR count). The van der Waals surface area contributed by atoms with E-state index < -0.39 is 0 Å². The average Bonchev–Trinajstić information content (AvgIpc) is 3.46. The van der Waals surface area contributed by atoms with Gasteiger partial charge in [0.05, 0.1) is 0 Å². The molecule has 2 fully saturated rings. The van der Waals surface area contributed by atoms with E-state index in [1.54, 1.807) is 6.20 Å². The number of nitrogens with one attached hydrogen (secondary N) is 2. The Labute approximate surface area is 168 Å². The van der Waals surface area contributed by atoms with Crippen molar-refractivity contribution in [3.8, 4) is 11.1 Å². The molecular formula is C21H22ClN5O. The summed E-state index contributed by atoms with van der Waals surface area (Å²) in [6.07, 6.45) is 7.72. The number of fused-ring (bicyclic) bond motifs is 1. The highest BCUT2D eigenvalue weighted by Gasteiger charge is 2.34. The Bertz CT molecular complexity index is 1020. The van der Waals surface area contributed by atoms with Crippen molar-refractivity contribution in [1.82, 2.24) is 19.9 Å². The molecule has 1 aliphatic carbocycles. The molecule has 6 nitrogen and oxygen atoms in total. The van der Waals surface area contributed by atoms with E-state index in [9.17, 15) is 4.79 Å². The van der Waals surface area contributed by atoms with Crippen LogP contribution in [-0.4, -0.2) is 44.9 Å². The number of carbonyl (C=O) groups is 1. The van der Waals surface area contributed by atoms with Crippen LogP contribution in [0.3, 0.4) is 0 Å². The van der Waals surface area contributed by atoms with E-state index in [0.717, 1.165) is 66.8 Å². The maximum Gasteiger partial charge on any atom is 0.225 e. The number of likely N-dealkylation sites (tertiary alicyclic amines) is 1. The highest BCUT2D eigenvalue weighted by atomic mass is 35.5. The van der Waals surface area contributed by atoms with E-state index in [1.807, 2.05) is 35.4 Å². The first-order valence-corrected chi connectivity index (χ1v) is 10.2. The van der Waals surface area contributed by atoms with Crippen molar-refractivity contribution < 1.29 is 4.79 Å². The fourth-order valence-corrected chi connectivity index (χ4v) is 4.17. The van der Waals surface area contributed by atoms with Crippen LogP contribution in [0.15, 0.2) is 36.7 Å². The zero-order chi connectivity index (χ0) is 19.1. The second-order valence-corrected chi connectivity index (χ2v) is 8.07. The summed E-state index contributed by atoms with van der Waals surface area (Å²) in [4.78, 5) is 26.3. The molecule has 0 bridgehead atoms. The van der Waals surface area contributed by atoms with Gasteiger partial charge in [-0.15, -0.1) is 0 Å². The lowest BCUT2D eigenvalue weighted by Crippen LogP contribution is -2.43. The summed E-state index contributed by atoms with van der Waals surface area (Å²) in [5.74, 6) is 1.41. The minimum Gasteiger partial charge on any atom is -0.367 e. The van der Waals surface area contributed by atoms with E-state index in [-0.39, 0.29) is 0 Å². The summed E-state index contributed by atoms with van der Waals surface area (Å²) >= 11 is 6.31. The van der Waals surface area contributed by atoms with Gasteiger partial charge in [-0.25, -0.2) is 9.97 Å². The molecule has 0 spiro atoms. The molecule has 1 saturated carbocycles. The molecular weight excluding hydrogens is 374 g/mol. The van der Waals surface area contributed by atoms with Crippen LogP contribution in [0.5, 0.6) is 0 Å². The van der Waals surface area contributed by atoms with Crippen LogP contribution in [0, 0.1) is 5.92 Å². The molecule has 7 heteroatoms. The van der Waals surface area contributed by atoms with E-state index in [4.69, 9.17) is 11.6 Å². The SMILES string of the molecule is O=C(C1CC1)N1CCC(Nc2cc(-c3c[nH]c4ncccc34)cc(Cl)n2)CC1. The second-order valence-electron chi connectivity index (χ2n) is 7.68. The van der Waals surface area contributed by atoms with Gasteiger partial charge >= 0.3 is 0 Å². The molecule has 0 atom stereocenters. The number of aromatic nitrogens is 3. The van der Waals surface area contributed by atoms with Crippen molar-refractivity contribution in [1.29, 1.82) is 0 Å². The molecule has 1 amide bonds. The third kappa shape index (κ3) is 3.44. The quantitative estimate of drug-likeness (QED) is 0.652. The molecule has 0 aromatic carbocycles. The van der Waals surface area contributed by atoms with E-state index in [1.165, 1.54) is 0 Å². The number of rotatable bonds is 4. The number of anilines is 1. The number of halogens is 1. The van der Waals surface area contributed by atoms with Gasteiger partial charge < -0.3 is 15.2 Å². The molecule has 3 aromatic heterocycles. The largest absolute Gasteiger partial charge is 0.367 e. The Morgan fingerprint density at radius 2 is 2.04 bits per heavy atom. The Hall–Kier alpha value is -2.60. The molecule has 0 unspecified atom stereocenters. The van der Waals surface area contributed by atoms with Crippen LogP contribution >= 0.6 is 11.6 Å². The summed E-state index contributed by atoms with van der Waals surface area (Å²) in [6.45, 7) is 1.63. The predicted molar refractivity (Wildman–Crippen MR) is 110 cm³/mol. The van der Waals surface area contributed by atoms with E-state index >= 15 is 0 Å². The number of hydrogen-bond donors (Lipinski definition) is 2. The van der Waals surface area contributed by atoms with Crippen LogP contribution in [0.2, 0.25) is 5.15 Å². The van der Waals surface area contributed by atoms with Crippen LogP contribution in [-0.2, 0) is 4.79 Å². The zero-order valence-electron chi connectivity index (χ0n) is 15.5. The Balaban J connectivity index is 1.32. The number of hydrogen-bond acceptors (Lipinski definition) is 4. The van der Waals surface area contributed by atoms with Gasteiger partial charge in [-0.05, 0) is 55.5 Å². The highest BCUT2D eigenvalue weighted by Crippen LogP contribution is 2.33. The van der Waals surface area contributed by atoms with Crippen LogP contribution in [0.25, 0.3) is 22.2 Å². The van der Waals surface area contributed by atoms with Crippen molar-refractivity contribution in [2.45, 2.75) is 31.7 Å². The number of amides is 1. The van der Waals surface area contributed by atoms with Gasteiger partial charge in [-0.2, -0.15) is 0 Å². The first-order chi connectivity index (χ1) is 13.7. The van der Waals surface area contributed by atoms with Gasteiger partial charge in [0.25, 0.3) is 0 Å². The summed E-state index contributed by atoms with van der Waals surface area (Å²) in [6, 6.07) is 8.18. The van der Waals surface area contributed by atoms with Crippen molar-refractivity contribution in [2.24, 2.45) is 5.92 Å². The number of piperidine rings is 1. The topological polar surface area (TPSA) is 73.9 Å². The number of nitrogens with zero attached hydrogens (tertiary/aromatic N) is 3. The Morgan fingerprint density at radius 1 is 1.21 bits per heavy atom. The van der Waals surface area contributed by atoms with Gasteiger partial charge in [-0.3, -0.25) is 4.79 Å². The highest BCUT2D eigenvalue weighted by molar-refractivity contribution is 6.29. The number of carbonyl (C=O) groups excluding carboxylic acids is 1. The lowest BCUT2D eigenvalue weighted by Gasteiger charge is -2.32. The number of aromatic amines is 1. The molecule has 144 valence electrons. The predicted octanol–water partition coefficient (Wildman–Crippen LogP) is 4.09. The minimum atomic E-state index is 0.298. The van der Waals surface area contributed by atoms with Gasteiger partial charge in [-0.1, -0.05) is 11.6 Å². The molecule has 2 aliphatic rings. The van der Waals surface area contributed by atoms with E-state index in [2.05, 4.69) is 20.3 Å².